The van der Waals surface area contributed by atoms with Gasteiger partial charge in [0.15, 0.2) is 0 Å². The second-order valence-corrected chi connectivity index (χ2v) is 5.94. The number of nitrogens with zero attached hydrogens (tertiary/aromatic N) is 1. The molecular formula is C13H19BrN2. The van der Waals surface area contributed by atoms with E-state index in [0.29, 0.717) is 0 Å². The minimum Gasteiger partial charge on any atom is -0.364 e. The van der Waals surface area contributed by atoms with Gasteiger partial charge in [0.2, 0.25) is 0 Å². The van der Waals surface area contributed by atoms with Gasteiger partial charge in [-0.2, -0.15) is 0 Å². The molecule has 0 aliphatic heterocycles. The van der Waals surface area contributed by atoms with E-state index < -0.39 is 0 Å². The van der Waals surface area contributed by atoms with Crippen molar-refractivity contribution in [3.05, 3.63) is 22.3 Å². The minimum atomic E-state index is 0.225. The van der Waals surface area contributed by atoms with Crippen LogP contribution < -0.4 is 5.32 Å². The molecule has 3 heteroatoms. The molecule has 1 aliphatic carbocycles. The summed E-state index contributed by atoms with van der Waals surface area (Å²) >= 11 is 3.57. The van der Waals surface area contributed by atoms with Crippen molar-refractivity contribution < 1.29 is 0 Å². The van der Waals surface area contributed by atoms with Crippen LogP contribution in [0.5, 0.6) is 0 Å². The van der Waals surface area contributed by atoms with E-state index >= 15 is 0 Å². The second kappa shape index (κ2) is 4.74. The molecule has 1 fully saturated rings. The molecule has 0 atom stereocenters. The van der Waals surface area contributed by atoms with Crippen LogP contribution in [0.3, 0.4) is 0 Å². The molecule has 2 rings (SSSR count). The fourth-order valence-electron chi connectivity index (χ4n) is 2.37. The topological polar surface area (TPSA) is 24.9 Å². The van der Waals surface area contributed by atoms with E-state index in [1.807, 2.05) is 6.20 Å². The zero-order valence-electron chi connectivity index (χ0n) is 10.0. The first kappa shape index (κ1) is 11.9. The number of hydrogen-bond acceptors (Lipinski definition) is 2. The molecule has 2 nitrogen and oxygen atoms in total. The Bertz CT molecular complexity index is 370. The first-order valence-corrected chi connectivity index (χ1v) is 6.79. The van der Waals surface area contributed by atoms with E-state index in [0.717, 1.165) is 10.3 Å². The highest BCUT2D eigenvalue weighted by Gasteiger charge is 2.27. The van der Waals surface area contributed by atoms with Gasteiger partial charge in [0.1, 0.15) is 5.82 Å². The largest absolute Gasteiger partial charge is 0.364 e. The molecule has 0 aromatic carbocycles. The highest BCUT2D eigenvalue weighted by molar-refractivity contribution is 9.10. The van der Waals surface area contributed by atoms with Crippen LogP contribution in [-0.4, -0.2) is 10.5 Å². The number of rotatable bonds is 2. The lowest BCUT2D eigenvalue weighted by Gasteiger charge is -2.35. The fourth-order valence-corrected chi connectivity index (χ4v) is 2.93. The third-order valence-corrected chi connectivity index (χ3v) is 3.96. The maximum absolute atomic E-state index is 4.46. The first-order chi connectivity index (χ1) is 7.59. The molecule has 0 bridgehead atoms. The lowest BCUT2D eigenvalue weighted by molar-refractivity contribution is 0.348. The highest BCUT2D eigenvalue weighted by atomic mass is 79.9. The van der Waals surface area contributed by atoms with Crippen LogP contribution in [0, 0.1) is 6.92 Å². The standard InChI is InChI=1S/C13H19BrN2/c1-10-8-11(14)12(15-9-10)16-13(2)6-4-3-5-7-13/h8-9H,3-7H2,1-2H3,(H,15,16). The van der Waals surface area contributed by atoms with Crippen molar-refractivity contribution in [2.45, 2.75) is 51.5 Å². The van der Waals surface area contributed by atoms with Crippen LogP contribution >= 0.6 is 15.9 Å². The molecule has 1 heterocycles. The van der Waals surface area contributed by atoms with Gasteiger partial charge in [0.05, 0.1) is 4.47 Å². The Morgan fingerprint density at radius 2 is 2.00 bits per heavy atom. The number of anilines is 1. The Labute approximate surface area is 106 Å². The van der Waals surface area contributed by atoms with E-state index in [9.17, 15) is 0 Å². The first-order valence-electron chi connectivity index (χ1n) is 5.99. The minimum absolute atomic E-state index is 0.225. The maximum Gasteiger partial charge on any atom is 0.140 e. The van der Waals surface area contributed by atoms with Crippen LogP contribution in [0.2, 0.25) is 0 Å². The molecule has 1 aliphatic rings. The summed E-state index contributed by atoms with van der Waals surface area (Å²) in [4.78, 5) is 4.46. The number of aryl methyl sites for hydroxylation is 1. The van der Waals surface area contributed by atoms with Crippen molar-refractivity contribution in [2.24, 2.45) is 0 Å². The van der Waals surface area contributed by atoms with Gasteiger partial charge >= 0.3 is 0 Å². The monoisotopic (exact) mass is 282 g/mol. The van der Waals surface area contributed by atoms with Crippen LogP contribution in [0.25, 0.3) is 0 Å². The normalized spacial score (nSPS) is 19.4. The van der Waals surface area contributed by atoms with Crippen LogP contribution in [0.1, 0.15) is 44.6 Å². The van der Waals surface area contributed by atoms with Crippen molar-refractivity contribution in [1.29, 1.82) is 0 Å². The number of pyridine rings is 1. The zero-order valence-corrected chi connectivity index (χ0v) is 11.6. The molecular weight excluding hydrogens is 264 g/mol. The summed E-state index contributed by atoms with van der Waals surface area (Å²) in [5, 5.41) is 3.59. The second-order valence-electron chi connectivity index (χ2n) is 5.09. The Morgan fingerprint density at radius 1 is 1.31 bits per heavy atom. The van der Waals surface area contributed by atoms with Gasteiger partial charge in [0.25, 0.3) is 0 Å². The third-order valence-electron chi connectivity index (χ3n) is 3.36. The number of hydrogen-bond donors (Lipinski definition) is 1. The Balaban J connectivity index is 2.13. The van der Waals surface area contributed by atoms with Gasteiger partial charge in [-0.1, -0.05) is 19.3 Å². The average molecular weight is 283 g/mol. The molecule has 1 N–H and O–H groups in total. The predicted octanol–water partition coefficient (Wildman–Crippen LogP) is 4.29. The van der Waals surface area contributed by atoms with Crippen LogP contribution in [0.4, 0.5) is 5.82 Å². The molecule has 88 valence electrons. The lowest BCUT2D eigenvalue weighted by Crippen LogP contribution is -2.37. The van der Waals surface area contributed by atoms with Gasteiger partial charge in [-0.05, 0) is 54.2 Å². The average Bonchev–Trinajstić information content (AvgIpc) is 2.23. The van der Waals surface area contributed by atoms with Crippen molar-refractivity contribution in [3.8, 4) is 0 Å². The highest BCUT2D eigenvalue weighted by Crippen LogP contribution is 2.32. The molecule has 1 aromatic rings. The lowest BCUT2D eigenvalue weighted by atomic mass is 9.83. The van der Waals surface area contributed by atoms with E-state index in [2.05, 4.69) is 46.1 Å². The van der Waals surface area contributed by atoms with E-state index in [4.69, 9.17) is 0 Å². The summed E-state index contributed by atoms with van der Waals surface area (Å²) in [7, 11) is 0. The Morgan fingerprint density at radius 3 is 2.62 bits per heavy atom. The summed E-state index contributed by atoms with van der Waals surface area (Å²) in [5.41, 5.74) is 1.41. The van der Waals surface area contributed by atoms with E-state index in [1.165, 1.54) is 37.7 Å². The molecule has 1 aromatic heterocycles. The number of aromatic nitrogens is 1. The maximum atomic E-state index is 4.46. The summed E-state index contributed by atoms with van der Waals surface area (Å²) in [6, 6.07) is 2.11. The summed E-state index contributed by atoms with van der Waals surface area (Å²) in [6.45, 7) is 4.37. The van der Waals surface area contributed by atoms with Crippen molar-refractivity contribution in [1.82, 2.24) is 4.98 Å². The smallest absolute Gasteiger partial charge is 0.140 e. The third kappa shape index (κ3) is 2.76. The van der Waals surface area contributed by atoms with Gasteiger partial charge in [-0.3, -0.25) is 0 Å². The zero-order chi connectivity index (χ0) is 11.6. The summed E-state index contributed by atoms with van der Waals surface area (Å²) < 4.78 is 1.07. The Kier molecular flexibility index (Phi) is 3.53. The predicted molar refractivity (Wildman–Crippen MR) is 71.8 cm³/mol. The summed E-state index contributed by atoms with van der Waals surface area (Å²) in [6.07, 6.45) is 8.43. The van der Waals surface area contributed by atoms with Crippen LogP contribution in [0.15, 0.2) is 16.7 Å². The molecule has 0 saturated heterocycles. The number of nitrogens with one attached hydrogen (secondary N) is 1. The van der Waals surface area contributed by atoms with E-state index in [1.54, 1.807) is 0 Å². The molecule has 0 amide bonds. The van der Waals surface area contributed by atoms with Crippen molar-refractivity contribution in [2.75, 3.05) is 5.32 Å². The van der Waals surface area contributed by atoms with Crippen molar-refractivity contribution in [3.63, 3.8) is 0 Å². The SMILES string of the molecule is Cc1cnc(NC2(C)CCCCC2)c(Br)c1. The van der Waals surface area contributed by atoms with E-state index in [-0.39, 0.29) is 5.54 Å². The fraction of sp³-hybridized carbons (Fsp3) is 0.615. The van der Waals surface area contributed by atoms with Gasteiger partial charge in [-0.15, -0.1) is 0 Å². The van der Waals surface area contributed by atoms with Gasteiger partial charge in [0, 0.05) is 11.7 Å². The molecule has 0 radical (unpaired) electrons. The van der Waals surface area contributed by atoms with Gasteiger partial charge in [-0.25, -0.2) is 4.98 Å². The van der Waals surface area contributed by atoms with Gasteiger partial charge < -0.3 is 5.32 Å². The molecule has 1 saturated carbocycles. The number of halogens is 1. The summed E-state index contributed by atoms with van der Waals surface area (Å²) in [5.74, 6) is 0.981. The van der Waals surface area contributed by atoms with Crippen molar-refractivity contribution >= 4 is 21.7 Å². The van der Waals surface area contributed by atoms with Crippen LogP contribution in [-0.2, 0) is 0 Å². The molecule has 0 spiro atoms. The molecule has 0 unspecified atom stereocenters. The quantitative estimate of drug-likeness (QED) is 0.876. The Hall–Kier alpha value is -0.570. The molecule has 16 heavy (non-hydrogen) atoms.